The van der Waals surface area contributed by atoms with Crippen molar-refractivity contribution in [2.24, 2.45) is 5.10 Å². The summed E-state index contributed by atoms with van der Waals surface area (Å²) in [4.78, 5) is 12.1. The molecule has 0 aliphatic rings. The molecule has 0 atom stereocenters. The van der Waals surface area contributed by atoms with Gasteiger partial charge >= 0.3 is 0 Å². The molecule has 10 nitrogen and oxygen atoms in total. The lowest BCUT2D eigenvalue weighted by molar-refractivity contribution is -0.121. The van der Waals surface area contributed by atoms with Crippen LogP contribution in [0.4, 0.5) is 0 Å². The summed E-state index contributed by atoms with van der Waals surface area (Å²) in [5.74, 6) is 0.806. The number of carbonyl (C=O) groups is 1. The molecule has 2 rings (SSSR count). The second kappa shape index (κ2) is 10.6. The third-order valence-electron chi connectivity index (χ3n) is 4.25. The van der Waals surface area contributed by atoms with Crippen LogP contribution in [0.15, 0.2) is 46.4 Å². The first-order chi connectivity index (χ1) is 14.8. The molecule has 0 spiro atoms. The molecule has 1 N–H and O–H groups in total. The van der Waals surface area contributed by atoms with Crippen molar-refractivity contribution in [3.8, 4) is 23.0 Å². The zero-order chi connectivity index (χ0) is 23.0. The number of benzene rings is 2. The number of para-hydroxylation sites is 1. The molecule has 1 amide bonds. The number of likely N-dealkylation sites (N-methyl/N-ethyl adjacent to an activating group) is 1. The molecule has 0 heterocycles. The Kier molecular flexibility index (Phi) is 8.22. The predicted octanol–water partition coefficient (Wildman–Crippen LogP) is 1.49. The summed E-state index contributed by atoms with van der Waals surface area (Å²) in [6.45, 7) is -0.463. The molecule has 0 saturated heterocycles. The van der Waals surface area contributed by atoms with Gasteiger partial charge in [0.15, 0.2) is 11.5 Å². The molecule has 2 aromatic rings. The first kappa shape index (κ1) is 24.0. The van der Waals surface area contributed by atoms with Crippen LogP contribution in [-0.4, -0.2) is 66.9 Å². The van der Waals surface area contributed by atoms with Gasteiger partial charge in [0.1, 0.15) is 16.4 Å². The number of carbonyl (C=O) groups excluding carboxylic acids is 1. The number of rotatable bonds is 10. The molecular formula is C20H25N3O7S. The van der Waals surface area contributed by atoms with E-state index in [4.69, 9.17) is 18.9 Å². The maximum atomic E-state index is 12.9. The van der Waals surface area contributed by atoms with Crippen molar-refractivity contribution in [2.45, 2.75) is 4.90 Å². The minimum atomic E-state index is -4.03. The van der Waals surface area contributed by atoms with Gasteiger partial charge in [-0.25, -0.2) is 13.8 Å². The maximum absolute atomic E-state index is 12.9. The number of hydrazone groups is 1. The summed E-state index contributed by atoms with van der Waals surface area (Å²) >= 11 is 0. The molecule has 31 heavy (non-hydrogen) atoms. The van der Waals surface area contributed by atoms with Crippen LogP contribution >= 0.6 is 0 Å². The smallest absolute Gasteiger partial charge is 0.255 e. The predicted molar refractivity (Wildman–Crippen MR) is 115 cm³/mol. The van der Waals surface area contributed by atoms with Crippen LogP contribution in [-0.2, 0) is 14.8 Å². The Bertz CT molecular complexity index is 1050. The summed E-state index contributed by atoms with van der Waals surface area (Å²) < 4.78 is 47.4. The van der Waals surface area contributed by atoms with Crippen LogP contribution in [0.2, 0.25) is 0 Å². The standard InChI is InChI=1S/C20H25N3O7S/c1-23(31(25,26)18-11-15(27-2)9-10-16(18)28-3)13-19(24)22-21-12-14-7-6-8-17(29-4)20(14)30-5/h6-12H,13H2,1-5H3,(H,22,24)/b21-12-. The van der Waals surface area contributed by atoms with E-state index in [0.29, 0.717) is 22.8 Å². The molecule has 168 valence electrons. The Hall–Kier alpha value is -3.31. The highest BCUT2D eigenvalue weighted by Crippen LogP contribution is 2.30. The number of sulfonamides is 1. The Labute approximate surface area is 181 Å². The van der Waals surface area contributed by atoms with E-state index in [0.717, 1.165) is 4.31 Å². The van der Waals surface area contributed by atoms with E-state index in [1.54, 1.807) is 24.3 Å². The van der Waals surface area contributed by atoms with E-state index in [1.807, 2.05) is 0 Å². The first-order valence-electron chi connectivity index (χ1n) is 8.99. The molecule has 0 aromatic heterocycles. The van der Waals surface area contributed by atoms with E-state index in [2.05, 4.69) is 10.5 Å². The molecule has 0 fully saturated rings. The summed E-state index contributed by atoms with van der Waals surface area (Å²) in [5, 5.41) is 3.87. The Morgan fingerprint density at radius 2 is 1.74 bits per heavy atom. The van der Waals surface area contributed by atoms with Crippen molar-refractivity contribution in [1.29, 1.82) is 0 Å². The fourth-order valence-electron chi connectivity index (χ4n) is 2.66. The highest BCUT2D eigenvalue weighted by molar-refractivity contribution is 7.89. The Balaban J connectivity index is 2.12. The largest absolute Gasteiger partial charge is 0.497 e. The van der Waals surface area contributed by atoms with Gasteiger partial charge in [-0.1, -0.05) is 6.07 Å². The van der Waals surface area contributed by atoms with Crippen molar-refractivity contribution < 1.29 is 32.2 Å². The van der Waals surface area contributed by atoms with Crippen molar-refractivity contribution in [3.63, 3.8) is 0 Å². The fourth-order valence-corrected chi connectivity index (χ4v) is 3.96. The molecular weight excluding hydrogens is 426 g/mol. The zero-order valence-corrected chi connectivity index (χ0v) is 18.7. The van der Waals surface area contributed by atoms with Gasteiger partial charge < -0.3 is 18.9 Å². The topological polar surface area (TPSA) is 116 Å². The van der Waals surface area contributed by atoms with Crippen LogP contribution in [0.5, 0.6) is 23.0 Å². The Morgan fingerprint density at radius 1 is 1.03 bits per heavy atom. The summed E-state index contributed by atoms with van der Waals surface area (Å²) in [5.41, 5.74) is 2.87. The van der Waals surface area contributed by atoms with Crippen molar-refractivity contribution in [1.82, 2.24) is 9.73 Å². The number of methoxy groups -OCH3 is 4. The molecule has 0 aliphatic carbocycles. The summed E-state index contributed by atoms with van der Waals surface area (Å²) in [6, 6.07) is 9.57. The average molecular weight is 452 g/mol. The minimum absolute atomic E-state index is 0.116. The van der Waals surface area contributed by atoms with Crippen LogP contribution in [0.3, 0.4) is 0 Å². The van der Waals surface area contributed by atoms with Gasteiger partial charge in [-0.3, -0.25) is 4.79 Å². The van der Waals surface area contributed by atoms with Gasteiger partial charge in [-0.2, -0.15) is 9.41 Å². The second-order valence-corrected chi connectivity index (χ2v) is 8.17. The first-order valence-corrected chi connectivity index (χ1v) is 10.4. The van der Waals surface area contributed by atoms with Gasteiger partial charge in [-0.15, -0.1) is 0 Å². The van der Waals surface area contributed by atoms with Crippen LogP contribution in [0.1, 0.15) is 5.56 Å². The SMILES string of the molecule is COc1ccc(OC)c(S(=O)(=O)N(C)CC(=O)N/N=C\c2cccc(OC)c2OC)c1. The van der Waals surface area contributed by atoms with E-state index in [-0.39, 0.29) is 10.6 Å². The lowest BCUT2D eigenvalue weighted by atomic mass is 10.2. The molecule has 11 heteroatoms. The van der Waals surface area contributed by atoms with Crippen molar-refractivity contribution in [2.75, 3.05) is 42.0 Å². The van der Waals surface area contributed by atoms with Gasteiger partial charge in [0.25, 0.3) is 5.91 Å². The Morgan fingerprint density at radius 3 is 2.35 bits per heavy atom. The number of amides is 1. The zero-order valence-electron chi connectivity index (χ0n) is 17.9. The molecule has 0 unspecified atom stereocenters. The number of nitrogens with one attached hydrogen (secondary N) is 1. The summed E-state index contributed by atoms with van der Waals surface area (Å²) in [6.07, 6.45) is 1.37. The maximum Gasteiger partial charge on any atom is 0.255 e. The molecule has 2 aromatic carbocycles. The highest BCUT2D eigenvalue weighted by Gasteiger charge is 2.27. The van der Waals surface area contributed by atoms with E-state index >= 15 is 0 Å². The van der Waals surface area contributed by atoms with E-state index in [9.17, 15) is 13.2 Å². The van der Waals surface area contributed by atoms with Crippen LogP contribution in [0, 0.1) is 0 Å². The number of ether oxygens (including phenoxy) is 4. The van der Waals surface area contributed by atoms with E-state index < -0.39 is 22.5 Å². The van der Waals surface area contributed by atoms with Gasteiger partial charge in [0.05, 0.1) is 41.2 Å². The third-order valence-corrected chi connectivity index (χ3v) is 6.08. The summed E-state index contributed by atoms with van der Waals surface area (Å²) in [7, 11) is 3.03. The fraction of sp³-hybridized carbons (Fsp3) is 0.300. The minimum Gasteiger partial charge on any atom is -0.497 e. The normalized spacial score (nSPS) is 11.4. The number of hydrogen-bond acceptors (Lipinski definition) is 8. The number of hydrogen-bond donors (Lipinski definition) is 1. The molecule has 0 aliphatic heterocycles. The quantitative estimate of drug-likeness (QED) is 0.430. The number of nitrogens with zero attached hydrogens (tertiary/aromatic N) is 2. The van der Waals surface area contributed by atoms with Crippen LogP contribution in [0.25, 0.3) is 0 Å². The molecule has 0 saturated carbocycles. The van der Waals surface area contributed by atoms with E-state index in [1.165, 1.54) is 53.8 Å². The monoisotopic (exact) mass is 451 g/mol. The second-order valence-electron chi connectivity index (χ2n) is 6.15. The third kappa shape index (κ3) is 5.64. The molecule has 0 radical (unpaired) electrons. The van der Waals surface area contributed by atoms with Gasteiger partial charge in [-0.05, 0) is 24.3 Å². The van der Waals surface area contributed by atoms with Crippen molar-refractivity contribution >= 4 is 22.1 Å². The van der Waals surface area contributed by atoms with Crippen molar-refractivity contribution in [3.05, 3.63) is 42.0 Å². The lowest BCUT2D eigenvalue weighted by Gasteiger charge is -2.18. The van der Waals surface area contributed by atoms with Crippen LogP contribution < -0.4 is 24.4 Å². The van der Waals surface area contributed by atoms with Gasteiger partial charge in [0.2, 0.25) is 10.0 Å². The average Bonchev–Trinajstić information content (AvgIpc) is 2.78. The van der Waals surface area contributed by atoms with Gasteiger partial charge in [0, 0.05) is 18.7 Å². The highest BCUT2D eigenvalue weighted by atomic mass is 32.2. The lowest BCUT2D eigenvalue weighted by Crippen LogP contribution is -2.36. The molecule has 0 bridgehead atoms.